The number of carbonyl (C=O) groups excluding carboxylic acids is 2. The maximum absolute atomic E-state index is 11.6. The Hall–Kier alpha value is -2.62. The van der Waals surface area contributed by atoms with Gasteiger partial charge in [-0.1, -0.05) is 18.2 Å². The van der Waals surface area contributed by atoms with E-state index in [9.17, 15) is 9.59 Å². The lowest BCUT2D eigenvalue weighted by atomic mass is 10.2. The SMILES string of the molecule is O=Cc1ccc(OCCOC(=O)c2ccccc2)cc1. The lowest BCUT2D eigenvalue weighted by Crippen LogP contribution is -2.12. The maximum atomic E-state index is 11.6. The topological polar surface area (TPSA) is 52.6 Å². The first-order chi connectivity index (χ1) is 9.79. The van der Waals surface area contributed by atoms with Gasteiger partial charge in [0.2, 0.25) is 0 Å². The molecule has 0 bridgehead atoms. The molecule has 0 aliphatic carbocycles. The Bertz CT molecular complexity index is 561. The zero-order valence-corrected chi connectivity index (χ0v) is 10.8. The van der Waals surface area contributed by atoms with E-state index in [0.717, 1.165) is 6.29 Å². The van der Waals surface area contributed by atoms with Gasteiger partial charge >= 0.3 is 5.97 Å². The molecule has 0 unspecified atom stereocenters. The summed E-state index contributed by atoms with van der Waals surface area (Å²) in [6.45, 7) is 0.433. The van der Waals surface area contributed by atoms with Gasteiger partial charge in [-0.3, -0.25) is 4.79 Å². The summed E-state index contributed by atoms with van der Waals surface area (Å²) >= 11 is 0. The molecule has 0 aliphatic heterocycles. The highest BCUT2D eigenvalue weighted by molar-refractivity contribution is 5.89. The third-order valence-electron chi connectivity index (χ3n) is 2.61. The quantitative estimate of drug-likeness (QED) is 0.460. The zero-order valence-electron chi connectivity index (χ0n) is 10.8. The van der Waals surface area contributed by atoms with E-state index >= 15 is 0 Å². The second-order valence-electron chi connectivity index (χ2n) is 4.04. The average molecular weight is 270 g/mol. The summed E-state index contributed by atoms with van der Waals surface area (Å²) in [5.74, 6) is 0.261. The van der Waals surface area contributed by atoms with Crippen molar-refractivity contribution < 1.29 is 19.1 Å². The summed E-state index contributed by atoms with van der Waals surface area (Å²) in [5.41, 5.74) is 1.11. The fourth-order valence-electron chi connectivity index (χ4n) is 1.59. The van der Waals surface area contributed by atoms with Crippen LogP contribution in [-0.2, 0) is 4.74 Å². The van der Waals surface area contributed by atoms with Gasteiger partial charge in [0.1, 0.15) is 25.2 Å². The Morgan fingerprint density at radius 3 is 2.30 bits per heavy atom. The van der Waals surface area contributed by atoms with Crippen molar-refractivity contribution in [2.24, 2.45) is 0 Å². The Labute approximate surface area is 116 Å². The maximum Gasteiger partial charge on any atom is 0.338 e. The largest absolute Gasteiger partial charge is 0.490 e. The normalized spacial score (nSPS) is 9.80. The molecule has 2 aromatic carbocycles. The van der Waals surface area contributed by atoms with Gasteiger partial charge in [-0.05, 0) is 36.4 Å². The van der Waals surface area contributed by atoms with Crippen LogP contribution in [0.5, 0.6) is 5.75 Å². The average Bonchev–Trinajstić information content (AvgIpc) is 2.53. The Morgan fingerprint density at radius 1 is 0.950 bits per heavy atom. The molecule has 0 heterocycles. The van der Waals surface area contributed by atoms with Gasteiger partial charge < -0.3 is 9.47 Å². The number of rotatable bonds is 6. The second kappa shape index (κ2) is 7.09. The molecule has 0 radical (unpaired) electrons. The second-order valence-corrected chi connectivity index (χ2v) is 4.04. The molecule has 0 saturated carbocycles. The lowest BCUT2D eigenvalue weighted by Gasteiger charge is -2.07. The molecular weight excluding hydrogens is 256 g/mol. The summed E-state index contributed by atoms with van der Waals surface area (Å²) in [5, 5.41) is 0. The smallest absolute Gasteiger partial charge is 0.338 e. The number of carbonyl (C=O) groups is 2. The summed E-state index contributed by atoms with van der Waals surface area (Å²) in [6.07, 6.45) is 0.769. The van der Waals surface area contributed by atoms with Crippen LogP contribution in [0, 0.1) is 0 Å². The molecule has 4 heteroatoms. The van der Waals surface area contributed by atoms with Gasteiger partial charge in [-0.25, -0.2) is 4.79 Å². The van der Waals surface area contributed by atoms with Gasteiger partial charge in [-0.15, -0.1) is 0 Å². The molecule has 0 amide bonds. The van der Waals surface area contributed by atoms with E-state index in [1.54, 1.807) is 48.5 Å². The number of esters is 1. The van der Waals surface area contributed by atoms with Crippen LogP contribution >= 0.6 is 0 Å². The minimum atomic E-state index is -0.370. The van der Waals surface area contributed by atoms with Crippen molar-refractivity contribution in [1.29, 1.82) is 0 Å². The van der Waals surface area contributed by atoms with Crippen LogP contribution in [0.15, 0.2) is 54.6 Å². The monoisotopic (exact) mass is 270 g/mol. The third-order valence-corrected chi connectivity index (χ3v) is 2.61. The van der Waals surface area contributed by atoms with E-state index in [0.29, 0.717) is 16.9 Å². The minimum absolute atomic E-state index is 0.170. The van der Waals surface area contributed by atoms with Crippen LogP contribution in [0.25, 0.3) is 0 Å². The highest BCUT2D eigenvalue weighted by Gasteiger charge is 2.05. The highest BCUT2D eigenvalue weighted by Crippen LogP contribution is 2.10. The van der Waals surface area contributed by atoms with E-state index in [1.165, 1.54) is 0 Å². The van der Waals surface area contributed by atoms with Crippen molar-refractivity contribution in [2.45, 2.75) is 0 Å². The Kier molecular flexibility index (Phi) is 4.89. The predicted molar refractivity (Wildman–Crippen MR) is 74.0 cm³/mol. The zero-order chi connectivity index (χ0) is 14.2. The minimum Gasteiger partial charge on any atom is -0.490 e. The van der Waals surface area contributed by atoms with Gasteiger partial charge in [0.05, 0.1) is 5.56 Å². The molecular formula is C16H14O4. The number of hydrogen-bond acceptors (Lipinski definition) is 4. The molecule has 0 aromatic heterocycles. The molecule has 0 saturated heterocycles. The molecule has 0 aliphatic rings. The lowest BCUT2D eigenvalue weighted by molar-refractivity contribution is 0.0450. The molecule has 102 valence electrons. The first-order valence-electron chi connectivity index (χ1n) is 6.20. The summed E-state index contributed by atoms with van der Waals surface area (Å²) in [7, 11) is 0. The van der Waals surface area contributed by atoms with E-state index < -0.39 is 0 Å². The highest BCUT2D eigenvalue weighted by atomic mass is 16.6. The predicted octanol–water partition coefficient (Wildman–Crippen LogP) is 2.73. The molecule has 0 N–H and O–H groups in total. The van der Waals surface area contributed by atoms with Gasteiger partial charge in [0.15, 0.2) is 0 Å². The van der Waals surface area contributed by atoms with Gasteiger partial charge in [0.25, 0.3) is 0 Å². The number of ether oxygens (including phenoxy) is 2. The summed E-state index contributed by atoms with van der Waals surface area (Å²) < 4.78 is 10.5. The van der Waals surface area contributed by atoms with Crippen LogP contribution in [0.2, 0.25) is 0 Å². The first kappa shape index (κ1) is 13.8. The number of benzene rings is 2. The summed E-state index contributed by atoms with van der Waals surface area (Å²) in [6, 6.07) is 15.5. The molecule has 20 heavy (non-hydrogen) atoms. The summed E-state index contributed by atoms with van der Waals surface area (Å²) in [4.78, 5) is 22.1. The van der Waals surface area contributed by atoms with Crippen molar-refractivity contribution in [1.82, 2.24) is 0 Å². The van der Waals surface area contributed by atoms with Crippen molar-refractivity contribution in [3.63, 3.8) is 0 Å². The van der Waals surface area contributed by atoms with Crippen LogP contribution in [0.4, 0.5) is 0 Å². The molecule has 2 aromatic rings. The van der Waals surface area contributed by atoms with Crippen molar-refractivity contribution in [3.05, 3.63) is 65.7 Å². The van der Waals surface area contributed by atoms with Crippen LogP contribution in [-0.4, -0.2) is 25.5 Å². The number of hydrogen-bond donors (Lipinski definition) is 0. The van der Waals surface area contributed by atoms with E-state index in [1.807, 2.05) is 6.07 Å². The van der Waals surface area contributed by atoms with Crippen molar-refractivity contribution in [2.75, 3.05) is 13.2 Å². The van der Waals surface area contributed by atoms with Crippen molar-refractivity contribution >= 4 is 12.3 Å². The first-order valence-corrected chi connectivity index (χ1v) is 6.20. The number of aldehydes is 1. The van der Waals surface area contributed by atoms with E-state index in [2.05, 4.69) is 0 Å². The molecule has 0 fully saturated rings. The van der Waals surface area contributed by atoms with Crippen LogP contribution in [0.3, 0.4) is 0 Å². The fourth-order valence-corrected chi connectivity index (χ4v) is 1.59. The van der Waals surface area contributed by atoms with Crippen molar-refractivity contribution in [3.8, 4) is 5.75 Å². The van der Waals surface area contributed by atoms with E-state index in [-0.39, 0.29) is 19.2 Å². The van der Waals surface area contributed by atoms with Crippen LogP contribution in [0.1, 0.15) is 20.7 Å². The standard InChI is InChI=1S/C16H14O4/c17-12-13-6-8-15(9-7-13)19-10-11-20-16(18)14-4-2-1-3-5-14/h1-9,12H,10-11H2. The van der Waals surface area contributed by atoms with Gasteiger partial charge in [0, 0.05) is 5.56 Å². The molecule has 4 nitrogen and oxygen atoms in total. The van der Waals surface area contributed by atoms with Gasteiger partial charge in [-0.2, -0.15) is 0 Å². The molecule has 2 rings (SSSR count). The fraction of sp³-hybridized carbons (Fsp3) is 0.125. The molecule has 0 spiro atoms. The van der Waals surface area contributed by atoms with E-state index in [4.69, 9.17) is 9.47 Å². The Balaban J connectivity index is 1.73. The third kappa shape index (κ3) is 3.95. The Morgan fingerprint density at radius 2 is 1.65 bits per heavy atom. The van der Waals surface area contributed by atoms with Crippen LogP contribution < -0.4 is 4.74 Å². The molecule has 0 atom stereocenters.